The van der Waals surface area contributed by atoms with Crippen LogP contribution in [0.15, 0.2) is 24.3 Å². The first kappa shape index (κ1) is 18.8. The number of nitrogens with zero attached hydrogens (tertiary/aromatic N) is 1. The molecular weight excluding hydrogens is 337 g/mol. The second-order valence-electron chi connectivity index (χ2n) is 5.89. The van der Waals surface area contributed by atoms with Gasteiger partial charge in [0, 0.05) is 5.92 Å². The monoisotopic (exact) mass is 354 g/mol. The number of hydrogen-bond donors (Lipinski definition) is 1. The van der Waals surface area contributed by atoms with E-state index in [4.69, 9.17) is 10.1 Å². The van der Waals surface area contributed by atoms with Gasteiger partial charge in [0.25, 0.3) is 5.91 Å². The van der Waals surface area contributed by atoms with Crippen molar-refractivity contribution in [2.24, 2.45) is 11.8 Å². The molecule has 1 saturated carbocycles. The van der Waals surface area contributed by atoms with Gasteiger partial charge in [-0.25, -0.2) is 0 Å². The molecular formula is C17H17F3N2O3. The number of carbonyl (C=O) groups excluding carboxylic acids is 2. The predicted molar refractivity (Wildman–Crippen MR) is 80.9 cm³/mol. The van der Waals surface area contributed by atoms with Crippen molar-refractivity contribution < 1.29 is 27.6 Å². The summed E-state index contributed by atoms with van der Waals surface area (Å²) < 4.78 is 37.9. The van der Waals surface area contributed by atoms with Gasteiger partial charge in [0.2, 0.25) is 0 Å². The van der Waals surface area contributed by atoms with Gasteiger partial charge in [-0.1, -0.05) is 25.3 Å². The molecule has 0 bridgehead atoms. The van der Waals surface area contributed by atoms with Crippen molar-refractivity contribution in [3.63, 3.8) is 0 Å². The van der Waals surface area contributed by atoms with Gasteiger partial charge in [-0.3, -0.25) is 9.59 Å². The van der Waals surface area contributed by atoms with Crippen LogP contribution in [-0.2, 0) is 15.8 Å². The lowest BCUT2D eigenvalue weighted by atomic mass is 9.82. The van der Waals surface area contributed by atoms with Crippen LogP contribution in [0.25, 0.3) is 0 Å². The van der Waals surface area contributed by atoms with Crippen LogP contribution in [0.2, 0.25) is 0 Å². The molecule has 2 rings (SSSR count). The van der Waals surface area contributed by atoms with Crippen LogP contribution < -0.4 is 10.3 Å². The number of nitrogens with one attached hydrogen (secondary N) is 1. The molecule has 0 radical (unpaired) electrons. The lowest BCUT2D eigenvalue weighted by Crippen LogP contribution is -2.39. The second kappa shape index (κ2) is 8.01. The fourth-order valence-electron chi connectivity index (χ4n) is 2.78. The third-order valence-corrected chi connectivity index (χ3v) is 4.11. The topological polar surface area (TPSA) is 79.2 Å². The Morgan fingerprint density at radius 2 is 1.92 bits per heavy atom. The third kappa shape index (κ3) is 4.95. The normalized spacial score (nSPS) is 16.6. The van der Waals surface area contributed by atoms with Gasteiger partial charge in [0.15, 0.2) is 17.5 Å². The molecule has 8 heteroatoms. The van der Waals surface area contributed by atoms with E-state index >= 15 is 0 Å². The Kier molecular flexibility index (Phi) is 6.02. The number of Topliss-reactive ketones (excluding diaryl/α,β-unsaturated/α-hetero) is 1. The Morgan fingerprint density at radius 3 is 2.52 bits per heavy atom. The van der Waals surface area contributed by atoms with Crippen LogP contribution in [0.3, 0.4) is 0 Å². The van der Waals surface area contributed by atoms with E-state index < -0.39 is 29.3 Å². The Labute approximate surface area is 142 Å². The number of halogens is 3. The Hall–Kier alpha value is -2.56. The Balaban J connectivity index is 1.98. The zero-order valence-electron chi connectivity index (χ0n) is 13.3. The molecule has 1 atom stereocenters. The predicted octanol–water partition coefficient (Wildman–Crippen LogP) is 3.40. The zero-order chi connectivity index (χ0) is 18.4. The van der Waals surface area contributed by atoms with Gasteiger partial charge in [-0.15, -0.1) is 0 Å². The van der Waals surface area contributed by atoms with Crippen molar-refractivity contribution in [1.29, 1.82) is 5.26 Å². The SMILES string of the molecule is N#CC(C(=O)NOc1cccc(C(F)(F)F)c1)C(=O)C1CCCCC1. The number of ketones is 1. The van der Waals surface area contributed by atoms with Crippen molar-refractivity contribution in [1.82, 2.24) is 5.48 Å². The molecule has 25 heavy (non-hydrogen) atoms. The van der Waals surface area contributed by atoms with Gasteiger partial charge in [-0.2, -0.15) is 23.9 Å². The summed E-state index contributed by atoms with van der Waals surface area (Å²) in [4.78, 5) is 29.1. The standard InChI is InChI=1S/C17H17F3N2O3/c18-17(19,20)12-7-4-8-13(9-12)25-22-16(24)14(10-21)15(23)11-5-2-1-3-6-11/h4,7-9,11,14H,1-3,5-6H2,(H,22,24). The van der Waals surface area contributed by atoms with Crippen LogP contribution >= 0.6 is 0 Å². The van der Waals surface area contributed by atoms with Gasteiger partial charge in [0.05, 0.1) is 11.6 Å². The highest BCUT2D eigenvalue weighted by atomic mass is 19.4. The number of carbonyl (C=O) groups is 2. The first-order valence-corrected chi connectivity index (χ1v) is 7.90. The highest BCUT2D eigenvalue weighted by Crippen LogP contribution is 2.31. The maximum Gasteiger partial charge on any atom is 0.416 e. The first-order chi connectivity index (χ1) is 11.8. The molecule has 1 aromatic rings. The molecule has 1 aliphatic carbocycles. The summed E-state index contributed by atoms with van der Waals surface area (Å²) in [5.41, 5.74) is 0.963. The van der Waals surface area contributed by atoms with Crippen LogP contribution in [0.4, 0.5) is 13.2 Å². The number of hydroxylamine groups is 1. The number of benzene rings is 1. The molecule has 0 spiro atoms. The van der Waals surface area contributed by atoms with E-state index in [1.54, 1.807) is 6.07 Å². The minimum Gasteiger partial charge on any atom is -0.379 e. The Morgan fingerprint density at radius 1 is 1.24 bits per heavy atom. The molecule has 5 nitrogen and oxygen atoms in total. The van der Waals surface area contributed by atoms with Crippen molar-refractivity contribution in [2.75, 3.05) is 0 Å². The highest BCUT2D eigenvalue weighted by Gasteiger charge is 2.34. The van der Waals surface area contributed by atoms with Crippen molar-refractivity contribution in [3.8, 4) is 11.8 Å². The quantitative estimate of drug-likeness (QED) is 0.649. The average Bonchev–Trinajstić information content (AvgIpc) is 2.61. The van der Waals surface area contributed by atoms with E-state index in [-0.39, 0.29) is 11.7 Å². The van der Waals surface area contributed by atoms with E-state index in [2.05, 4.69) is 0 Å². The molecule has 0 aromatic heterocycles. The lowest BCUT2D eigenvalue weighted by Gasteiger charge is -2.22. The lowest BCUT2D eigenvalue weighted by molar-refractivity contribution is -0.138. The van der Waals surface area contributed by atoms with Crippen LogP contribution in [0.5, 0.6) is 5.75 Å². The number of hydrogen-bond acceptors (Lipinski definition) is 4. The van der Waals surface area contributed by atoms with Gasteiger partial charge < -0.3 is 4.84 Å². The highest BCUT2D eigenvalue weighted by molar-refractivity contribution is 6.04. The molecule has 1 unspecified atom stereocenters. The summed E-state index contributed by atoms with van der Waals surface area (Å²) >= 11 is 0. The summed E-state index contributed by atoms with van der Waals surface area (Å²) in [6, 6.07) is 5.57. The number of rotatable bonds is 5. The first-order valence-electron chi connectivity index (χ1n) is 7.90. The van der Waals surface area contributed by atoms with Crippen LogP contribution in [0.1, 0.15) is 37.7 Å². The second-order valence-corrected chi connectivity index (χ2v) is 5.89. The molecule has 0 saturated heterocycles. The van der Waals surface area contributed by atoms with Crippen molar-refractivity contribution in [3.05, 3.63) is 29.8 Å². The molecule has 0 aliphatic heterocycles. The van der Waals surface area contributed by atoms with E-state index in [0.29, 0.717) is 18.9 Å². The van der Waals surface area contributed by atoms with Crippen molar-refractivity contribution in [2.45, 2.75) is 38.3 Å². The van der Waals surface area contributed by atoms with E-state index in [9.17, 15) is 22.8 Å². The molecule has 1 N–H and O–H groups in total. The van der Waals surface area contributed by atoms with Crippen LogP contribution in [0, 0.1) is 23.2 Å². The van der Waals surface area contributed by atoms with E-state index in [1.807, 2.05) is 5.48 Å². The molecule has 1 aliphatic rings. The molecule has 1 amide bonds. The van der Waals surface area contributed by atoms with Crippen LogP contribution in [-0.4, -0.2) is 11.7 Å². The summed E-state index contributed by atoms with van der Waals surface area (Å²) in [6.45, 7) is 0. The zero-order valence-corrected chi connectivity index (χ0v) is 13.3. The minimum absolute atomic E-state index is 0.245. The number of nitriles is 1. The van der Waals surface area contributed by atoms with Gasteiger partial charge >= 0.3 is 6.18 Å². The molecule has 1 aromatic carbocycles. The summed E-state index contributed by atoms with van der Waals surface area (Å²) in [7, 11) is 0. The van der Waals surface area contributed by atoms with Crippen molar-refractivity contribution >= 4 is 11.7 Å². The summed E-state index contributed by atoms with van der Waals surface area (Å²) in [5.74, 6) is -3.56. The maximum absolute atomic E-state index is 12.6. The molecule has 1 fully saturated rings. The molecule has 0 heterocycles. The smallest absolute Gasteiger partial charge is 0.379 e. The summed E-state index contributed by atoms with van der Waals surface area (Å²) in [6.07, 6.45) is -0.507. The maximum atomic E-state index is 12.6. The largest absolute Gasteiger partial charge is 0.416 e. The number of amides is 1. The number of alkyl halides is 3. The fourth-order valence-corrected chi connectivity index (χ4v) is 2.78. The Bertz CT molecular complexity index is 676. The minimum atomic E-state index is -4.55. The van der Waals surface area contributed by atoms with E-state index in [1.165, 1.54) is 6.07 Å². The van der Waals surface area contributed by atoms with Gasteiger partial charge in [-0.05, 0) is 31.0 Å². The third-order valence-electron chi connectivity index (χ3n) is 4.11. The summed E-state index contributed by atoms with van der Waals surface area (Å²) in [5, 5.41) is 9.11. The van der Waals surface area contributed by atoms with E-state index in [0.717, 1.165) is 31.4 Å². The van der Waals surface area contributed by atoms with Gasteiger partial charge in [0.1, 0.15) is 0 Å². The molecule has 134 valence electrons. The average molecular weight is 354 g/mol. The fraction of sp³-hybridized carbons (Fsp3) is 0.471.